The quantitative estimate of drug-likeness (QED) is 0.850. The van der Waals surface area contributed by atoms with Crippen LogP contribution < -0.4 is 5.73 Å². The molecule has 1 aromatic rings. The predicted octanol–water partition coefficient (Wildman–Crippen LogP) is 4.29. The van der Waals surface area contributed by atoms with E-state index in [0.717, 1.165) is 8.95 Å². The van der Waals surface area contributed by atoms with Crippen LogP contribution in [0.5, 0.6) is 0 Å². The summed E-state index contributed by atoms with van der Waals surface area (Å²) in [7, 11) is 0. The van der Waals surface area contributed by atoms with Crippen LogP contribution in [0.25, 0.3) is 0 Å². The molecule has 1 rings (SSSR count). The van der Waals surface area contributed by atoms with Gasteiger partial charge in [-0.3, -0.25) is 0 Å². The van der Waals surface area contributed by atoms with Crippen LogP contribution in [0, 0.1) is 0 Å². The standard InChI is InChI=1S/C9H9Br2F2N.ClH/c10-5-1-2-7(11)6(3-5)8(14)4-9(12)13;/h1-3,8-9H,4,14H2;1H/t8-;/m0./s1. The summed E-state index contributed by atoms with van der Waals surface area (Å²) >= 11 is 6.54. The van der Waals surface area contributed by atoms with Crippen molar-refractivity contribution in [3.8, 4) is 0 Å². The average Bonchev–Trinajstić information content (AvgIpc) is 2.08. The first-order valence-corrected chi connectivity index (χ1v) is 5.58. The zero-order valence-corrected chi connectivity index (χ0v) is 11.6. The molecular weight excluding hydrogens is 355 g/mol. The van der Waals surface area contributed by atoms with Crippen molar-refractivity contribution in [2.45, 2.75) is 18.9 Å². The van der Waals surface area contributed by atoms with Crippen molar-refractivity contribution < 1.29 is 8.78 Å². The molecule has 0 aliphatic rings. The molecule has 0 aromatic heterocycles. The fourth-order valence-electron chi connectivity index (χ4n) is 1.12. The van der Waals surface area contributed by atoms with Crippen molar-refractivity contribution in [1.82, 2.24) is 0 Å². The Labute approximate surface area is 110 Å². The molecule has 0 spiro atoms. The molecule has 0 heterocycles. The molecule has 0 saturated heterocycles. The summed E-state index contributed by atoms with van der Waals surface area (Å²) in [5.74, 6) is 0. The second kappa shape index (κ2) is 6.78. The summed E-state index contributed by atoms with van der Waals surface area (Å²) in [6.45, 7) is 0. The van der Waals surface area contributed by atoms with E-state index < -0.39 is 12.5 Å². The molecule has 1 atom stereocenters. The second-order valence-electron chi connectivity index (χ2n) is 2.90. The third kappa shape index (κ3) is 4.76. The Balaban J connectivity index is 0.00000196. The molecule has 0 unspecified atom stereocenters. The summed E-state index contributed by atoms with van der Waals surface area (Å²) in [5.41, 5.74) is 6.33. The number of rotatable bonds is 3. The molecule has 0 fully saturated rings. The van der Waals surface area contributed by atoms with E-state index in [1.165, 1.54) is 0 Å². The van der Waals surface area contributed by atoms with Crippen molar-refractivity contribution in [2.75, 3.05) is 0 Å². The fourth-order valence-corrected chi connectivity index (χ4v) is 2.04. The van der Waals surface area contributed by atoms with Crippen LogP contribution in [0.1, 0.15) is 18.0 Å². The summed E-state index contributed by atoms with van der Waals surface area (Å²) in [5, 5.41) is 0. The fraction of sp³-hybridized carbons (Fsp3) is 0.333. The third-order valence-electron chi connectivity index (χ3n) is 1.79. The van der Waals surface area contributed by atoms with Crippen LogP contribution >= 0.6 is 44.3 Å². The van der Waals surface area contributed by atoms with Gasteiger partial charge >= 0.3 is 0 Å². The van der Waals surface area contributed by atoms with Crippen molar-refractivity contribution in [2.24, 2.45) is 5.73 Å². The van der Waals surface area contributed by atoms with E-state index in [4.69, 9.17) is 5.73 Å². The summed E-state index contributed by atoms with van der Waals surface area (Å²) in [6.07, 6.45) is -2.70. The maximum absolute atomic E-state index is 12.1. The van der Waals surface area contributed by atoms with Gasteiger partial charge in [0.25, 0.3) is 0 Å². The Bertz CT molecular complexity index is 323. The van der Waals surface area contributed by atoms with Crippen LogP contribution in [-0.4, -0.2) is 6.43 Å². The number of halogens is 5. The first-order chi connectivity index (χ1) is 6.50. The zero-order chi connectivity index (χ0) is 10.7. The molecule has 0 saturated carbocycles. The Kier molecular flexibility index (Phi) is 6.91. The van der Waals surface area contributed by atoms with E-state index in [1.54, 1.807) is 12.1 Å². The van der Waals surface area contributed by atoms with Gasteiger partial charge in [0.1, 0.15) is 0 Å². The minimum absolute atomic E-state index is 0. The minimum Gasteiger partial charge on any atom is -0.324 e. The molecule has 1 nitrogen and oxygen atoms in total. The van der Waals surface area contributed by atoms with Crippen molar-refractivity contribution in [1.29, 1.82) is 0 Å². The normalized spacial score (nSPS) is 12.4. The summed E-state index contributed by atoms with van der Waals surface area (Å²) in [4.78, 5) is 0. The van der Waals surface area contributed by atoms with Gasteiger partial charge in [0.05, 0.1) is 0 Å². The van der Waals surface area contributed by atoms with Gasteiger partial charge in [-0.2, -0.15) is 0 Å². The first-order valence-electron chi connectivity index (χ1n) is 3.99. The van der Waals surface area contributed by atoms with Crippen LogP contribution in [0.3, 0.4) is 0 Å². The lowest BCUT2D eigenvalue weighted by molar-refractivity contribution is 0.128. The van der Waals surface area contributed by atoms with Crippen molar-refractivity contribution in [3.63, 3.8) is 0 Å². The lowest BCUT2D eigenvalue weighted by atomic mass is 10.1. The van der Waals surface area contributed by atoms with E-state index in [1.807, 2.05) is 6.07 Å². The molecule has 0 amide bonds. The highest BCUT2D eigenvalue weighted by Crippen LogP contribution is 2.28. The van der Waals surface area contributed by atoms with Gasteiger partial charge in [0.2, 0.25) is 6.43 Å². The topological polar surface area (TPSA) is 26.0 Å². The number of benzene rings is 1. The van der Waals surface area contributed by atoms with Gasteiger partial charge in [0.15, 0.2) is 0 Å². The maximum Gasteiger partial charge on any atom is 0.240 e. The molecule has 6 heteroatoms. The van der Waals surface area contributed by atoms with Crippen LogP contribution in [0.15, 0.2) is 27.1 Å². The Morgan fingerprint density at radius 2 is 1.87 bits per heavy atom. The lowest BCUT2D eigenvalue weighted by Gasteiger charge is -2.13. The molecule has 0 aliphatic heterocycles. The first kappa shape index (κ1) is 15.3. The number of alkyl halides is 2. The van der Waals surface area contributed by atoms with E-state index in [-0.39, 0.29) is 18.8 Å². The summed E-state index contributed by atoms with van der Waals surface area (Å²) in [6, 6.07) is 4.71. The Hall–Kier alpha value is 0.290. The van der Waals surface area contributed by atoms with Gasteiger partial charge in [-0.25, -0.2) is 8.78 Å². The summed E-state index contributed by atoms with van der Waals surface area (Å²) < 4.78 is 25.8. The lowest BCUT2D eigenvalue weighted by Crippen LogP contribution is -2.14. The molecular formula is C9H10Br2ClF2N. The van der Waals surface area contributed by atoms with Crippen LogP contribution in [0.4, 0.5) is 8.78 Å². The second-order valence-corrected chi connectivity index (χ2v) is 4.67. The molecule has 2 N–H and O–H groups in total. The minimum atomic E-state index is -2.38. The van der Waals surface area contributed by atoms with Gasteiger partial charge in [-0.15, -0.1) is 12.4 Å². The number of hydrogen-bond acceptors (Lipinski definition) is 1. The van der Waals surface area contributed by atoms with Crippen LogP contribution in [0.2, 0.25) is 0 Å². The number of hydrogen-bond donors (Lipinski definition) is 1. The molecule has 86 valence electrons. The highest BCUT2D eigenvalue weighted by atomic mass is 79.9. The average molecular weight is 365 g/mol. The molecule has 0 bridgehead atoms. The predicted molar refractivity (Wildman–Crippen MR) is 66.6 cm³/mol. The van der Waals surface area contributed by atoms with E-state index in [2.05, 4.69) is 31.9 Å². The van der Waals surface area contributed by atoms with Gasteiger partial charge < -0.3 is 5.73 Å². The molecule has 0 radical (unpaired) electrons. The highest BCUT2D eigenvalue weighted by molar-refractivity contribution is 9.11. The SMILES string of the molecule is Cl.N[C@@H](CC(F)F)c1cc(Br)ccc1Br. The maximum atomic E-state index is 12.1. The smallest absolute Gasteiger partial charge is 0.240 e. The molecule has 0 aliphatic carbocycles. The largest absolute Gasteiger partial charge is 0.324 e. The highest BCUT2D eigenvalue weighted by Gasteiger charge is 2.15. The molecule has 1 aromatic carbocycles. The molecule has 15 heavy (non-hydrogen) atoms. The Morgan fingerprint density at radius 1 is 1.27 bits per heavy atom. The van der Waals surface area contributed by atoms with Crippen molar-refractivity contribution >= 4 is 44.3 Å². The van der Waals surface area contributed by atoms with Crippen molar-refractivity contribution in [3.05, 3.63) is 32.7 Å². The zero-order valence-electron chi connectivity index (χ0n) is 7.59. The van der Waals surface area contributed by atoms with E-state index in [9.17, 15) is 8.78 Å². The van der Waals surface area contributed by atoms with E-state index in [0.29, 0.717) is 5.56 Å². The van der Waals surface area contributed by atoms with Gasteiger partial charge in [-0.05, 0) is 23.8 Å². The van der Waals surface area contributed by atoms with Crippen LogP contribution in [-0.2, 0) is 0 Å². The van der Waals surface area contributed by atoms with Gasteiger partial charge in [0, 0.05) is 21.4 Å². The Morgan fingerprint density at radius 3 is 2.40 bits per heavy atom. The third-order valence-corrected chi connectivity index (χ3v) is 3.01. The monoisotopic (exact) mass is 363 g/mol. The number of nitrogens with two attached hydrogens (primary N) is 1. The van der Waals surface area contributed by atoms with E-state index >= 15 is 0 Å². The van der Waals surface area contributed by atoms with Gasteiger partial charge in [-0.1, -0.05) is 31.9 Å².